The summed E-state index contributed by atoms with van der Waals surface area (Å²) in [6, 6.07) is 1.81. The fourth-order valence-corrected chi connectivity index (χ4v) is 4.89. The summed E-state index contributed by atoms with van der Waals surface area (Å²) in [5.74, 6) is 0.0727. The summed E-state index contributed by atoms with van der Waals surface area (Å²) in [5.41, 5.74) is 0.225. The van der Waals surface area contributed by atoms with Crippen LogP contribution in [0.15, 0.2) is 17.1 Å². The van der Waals surface area contributed by atoms with Gasteiger partial charge < -0.3 is 9.64 Å². The minimum Gasteiger partial charge on any atom is -0.444 e. The maximum atomic E-state index is 14.9. The summed E-state index contributed by atoms with van der Waals surface area (Å²) in [7, 11) is 0. The standard InChI is InChI=1S/C21H23BrClFN4O2/c1-5-11-8-14-17(16(24)15(11)22)25-19(23)26-18(14)27-9-12-6-7-13(10-27)28(12)20(29)30-21(2,3)4/h5,8,12-13H,1,6-7,9-10H2,2-4H3. The van der Waals surface area contributed by atoms with Crippen molar-refractivity contribution in [3.05, 3.63) is 33.8 Å². The van der Waals surface area contributed by atoms with Crippen LogP contribution in [0, 0.1) is 5.82 Å². The molecule has 160 valence electrons. The van der Waals surface area contributed by atoms with Crippen LogP contribution < -0.4 is 4.90 Å². The van der Waals surface area contributed by atoms with Crippen LogP contribution >= 0.6 is 27.5 Å². The van der Waals surface area contributed by atoms with Crippen molar-refractivity contribution in [1.29, 1.82) is 0 Å². The Hall–Kier alpha value is -1.93. The first-order chi connectivity index (χ1) is 14.1. The van der Waals surface area contributed by atoms with E-state index in [1.807, 2.05) is 31.7 Å². The molecule has 3 heterocycles. The maximum Gasteiger partial charge on any atom is 0.410 e. The van der Waals surface area contributed by atoms with Crippen LogP contribution in [0.1, 0.15) is 39.2 Å². The van der Waals surface area contributed by atoms with E-state index in [0.29, 0.717) is 34.3 Å². The van der Waals surface area contributed by atoms with Crippen molar-refractivity contribution < 1.29 is 13.9 Å². The number of fused-ring (bicyclic) bond motifs is 3. The Balaban J connectivity index is 1.71. The fraction of sp³-hybridized carbons (Fsp3) is 0.476. The molecule has 0 saturated carbocycles. The van der Waals surface area contributed by atoms with Crippen molar-refractivity contribution in [3.8, 4) is 0 Å². The van der Waals surface area contributed by atoms with Crippen LogP contribution in [0.4, 0.5) is 15.0 Å². The molecule has 9 heteroatoms. The number of benzene rings is 1. The third-order valence-corrected chi connectivity index (χ3v) is 6.43. The van der Waals surface area contributed by atoms with Crippen molar-refractivity contribution in [2.75, 3.05) is 18.0 Å². The molecule has 2 saturated heterocycles. The number of halogens is 3. The van der Waals surface area contributed by atoms with Gasteiger partial charge in [0.15, 0.2) is 5.82 Å². The fourth-order valence-electron chi connectivity index (χ4n) is 4.26. The first-order valence-corrected chi connectivity index (χ1v) is 11.0. The lowest BCUT2D eigenvalue weighted by Gasteiger charge is -2.42. The molecule has 1 aromatic heterocycles. The summed E-state index contributed by atoms with van der Waals surface area (Å²) in [6.45, 7) is 10.5. The van der Waals surface area contributed by atoms with E-state index in [-0.39, 0.29) is 29.0 Å². The number of hydrogen-bond acceptors (Lipinski definition) is 5. The number of nitrogens with zero attached hydrogens (tertiary/aromatic N) is 4. The average Bonchev–Trinajstić information content (AvgIpc) is 2.93. The van der Waals surface area contributed by atoms with E-state index in [1.165, 1.54) is 0 Å². The number of carbonyl (C=O) groups is 1. The molecule has 2 aromatic rings. The van der Waals surface area contributed by atoms with Crippen LogP contribution in [0.2, 0.25) is 5.28 Å². The Kier molecular flexibility index (Phi) is 5.43. The number of amides is 1. The van der Waals surface area contributed by atoms with Crippen LogP contribution in [-0.4, -0.2) is 51.7 Å². The highest BCUT2D eigenvalue weighted by molar-refractivity contribution is 9.10. The minimum absolute atomic E-state index is 0.00145. The molecule has 1 aromatic carbocycles. The SMILES string of the molecule is C=Cc1cc2c(N3CC4CCC(C3)N4C(=O)OC(C)(C)C)nc(Cl)nc2c(F)c1Br. The van der Waals surface area contributed by atoms with E-state index in [4.69, 9.17) is 16.3 Å². The van der Waals surface area contributed by atoms with Gasteiger partial charge in [0.1, 0.15) is 16.9 Å². The quantitative estimate of drug-likeness (QED) is 0.519. The zero-order valence-corrected chi connectivity index (χ0v) is 19.4. The largest absolute Gasteiger partial charge is 0.444 e. The first kappa shape index (κ1) is 21.3. The zero-order valence-electron chi connectivity index (χ0n) is 17.1. The number of hydrogen-bond donors (Lipinski definition) is 0. The van der Waals surface area contributed by atoms with Crippen molar-refractivity contribution in [3.63, 3.8) is 0 Å². The van der Waals surface area contributed by atoms with Gasteiger partial charge in [-0.3, -0.25) is 4.90 Å². The highest BCUT2D eigenvalue weighted by Crippen LogP contribution is 2.38. The second-order valence-corrected chi connectivity index (χ2v) is 9.82. The minimum atomic E-state index is -0.546. The predicted octanol–water partition coefficient (Wildman–Crippen LogP) is 5.42. The summed E-state index contributed by atoms with van der Waals surface area (Å²) < 4.78 is 20.8. The Labute approximate surface area is 188 Å². The maximum absolute atomic E-state index is 14.9. The van der Waals surface area contributed by atoms with Crippen LogP contribution in [0.3, 0.4) is 0 Å². The topological polar surface area (TPSA) is 58.6 Å². The number of anilines is 1. The van der Waals surface area contributed by atoms with Gasteiger partial charge in [-0.15, -0.1) is 0 Å². The van der Waals surface area contributed by atoms with E-state index in [2.05, 4.69) is 37.4 Å². The third kappa shape index (κ3) is 3.75. The molecule has 0 aliphatic carbocycles. The Morgan fingerprint density at radius 3 is 2.53 bits per heavy atom. The molecule has 2 aliphatic rings. The van der Waals surface area contributed by atoms with Gasteiger partial charge in [0, 0.05) is 18.5 Å². The summed E-state index contributed by atoms with van der Waals surface area (Å²) in [6.07, 6.45) is 3.06. The van der Waals surface area contributed by atoms with Crippen molar-refractivity contribution in [2.24, 2.45) is 0 Å². The molecular weight excluding hydrogens is 475 g/mol. The van der Waals surface area contributed by atoms with Gasteiger partial charge in [-0.05, 0) is 72.8 Å². The Morgan fingerprint density at radius 1 is 1.33 bits per heavy atom. The van der Waals surface area contributed by atoms with Gasteiger partial charge in [0.25, 0.3) is 0 Å². The van der Waals surface area contributed by atoms with Gasteiger partial charge in [0.2, 0.25) is 5.28 Å². The number of ether oxygens (including phenoxy) is 1. The van der Waals surface area contributed by atoms with Crippen LogP contribution in [0.25, 0.3) is 17.0 Å². The molecule has 2 unspecified atom stereocenters. The lowest BCUT2D eigenvalue weighted by atomic mass is 10.1. The Morgan fingerprint density at radius 2 is 1.97 bits per heavy atom. The molecule has 6 nitrogen and oxygen atoms in total. The van der Waals surface area contributed by atoms with E-state index >= 15 is 0 Å². The highest BCUT2D eigenvalue weighted by Gasteiger charge is 2.45. The van der Waals surface area contributed by atoms with Crippen molar-refractivity contribution >= 4 is 56.4 Å². The van der Waals surface area contributed by atoms with E-state index < -0.39 is 11.4 Å². The molecule has 2 bridgehead atoms. The second-order valence-electron chi connectivity index (χ2n) is 8.69. The third-order valence-electron chi connectivity index (χ3n) is 5.46. The first-order valence-electron chi connectivity index (χ1n) is 9.83. The molecule has 0 spiro atoms. The van der Waals surface area contributed by atoms with Gasteiger partial charge in [-0.2, -0.15) is 4.98 Å². The smallest absolute Gasteiger partial charge is 0.410 e. The van der Waals surface area contributed by atoms with Crippen LogP contribution in [-0.2, 0) is 4.74 Å². The van der Waals surface area contributed by atoms with Gasteiger partial charge >= 0.3 is 6.09 Å². The summed E-state index contributed by atoms with van der Waals surface area (Å²) >= 11 is 9.41. The summed E-state index contributed by atoms with van der Waals surface area (Å²) in [4.78, 5) is 25.2. The van der Waals surface area contributed by atoms with Gasteiger partial charge in [0.05, 0.1) is 16.6 Å². The average molecular weight is 498 g/mol. The molecule has 4 rings (SSSR count). The van der Waals surface area contributed by atoms with Gasteiger partial charge in [-0.25, -0.2) is 14.2 Å². The Bertz CT molecular complexity index is 1030. The van der Waals surface area contributed by atoms with E-state index in [9.17, 15) is 9.18 Å². The number of rotatable bonds is 2. The summed E-state index contributed by atoms with van der Waals surface area (Å²) in [5, 5.41) is 0.552. The molecule has 30 heavy (non-hydrogen) atoms. The number of piperazine rings is 1. The molecule has 2 aliphatic heterocycles. The van der Waals surface area contributed by atoms with Crippen LogP contribution in [0.5, 0.6) is 0 Å². The van der Waals surface area contributed by atoms with Crippen molar-refractivity contribution in [2.45, 2.75) is 51.3 Å². The molecule has 0 N–H and O–H groups in total. The van der Waals surface area contributed by atoms with E-state index in [0.717, 1.165) is 12.8 Å². The molecular formula is C21H23BrClFN4O2. The second kappa shape index (κ2) is 7.64. The molecule has 2 atom stereocenters. The predicted molar refractivity (Wildman–Crippen MR) is 119 cm³/mol. The normalized spacial score (nSPS) is 21.3. The van der Waals surface area contributed by atoms with E-state index in [1.54, 1.807) is 6.08 Å². The van der Waals surface area contributed by atoms with Gasteiger partial charge in [-0.1, -0.05) is 12.7 Å². The number of aromatic nitrogens is 2. The highest BCUT2D eigenvalue weighted by atomic mass is 79.9. The molecule has 0 radical (unpaired) electrons. The lowest BCUT2D eigenvalue weighted by Crippen LogP contribution is -2.57. The lowest BCUT2D eigenvalue weighted by molar-refractivity contribution is 0.0123. The zero-order chi connectivity index (χ0) is 21.8. The molecule has 1 amide bonds. The monoisotopic (exact) mass is 496 g/mol. The van der Waals surface area contributed by atoms with Crippen molar-refractivity contribution in [1.82, 2.24) is 14.9 Å². The number of carbonyl (C=O) groups excluding carboxylic acids is 1. The molecule has 2 fully saturated rings.